The minimum atomic E-state index is -1.14. The highest BCUT2D eigenvalue weighted by molar-refractivity contribution is 5.84. The summed E-state index contributed by atoms with van der Waals surface area (Å²) >= 11 is 0. The number of hydrogen-bond donors (Lipinski definition) is 1. The first kappa shape index (κ1) is 15.6. The normalized spacial score (nSPS) is 11.6. The van der Waals surface area contributed by atoms with Gasteiger partial charge in [-0.1, -0.05) is 19.1 Å². The predicted molar refractivity (Wildman–Crippen MR) is 80.0 cm³/mol. The van der Waals surface area contributed by atoms with Crippen LogP contribution in [0.25, 0.3) is 0 Å². The van der Waals surface area contributed by atoms with Crippen LogP contribution in [0.1, 0.15) is 41.1 Å². The molecule has 0 saturated carbocycles. The number of carboxylic acid groups (broad SMARTS) is 1. The summed E-state index contributed by atoms with van der Waals surface area (Å²) < 4.78 is 10.8. The van der Waals surface area contributed by atoms with E-state index in [0.717, 1.165) is 12.2 Å². The highest BCUT2D eigenvalue weighted by atomic mass is 16.5. The zero-order chi connectivity index (χ0) is 15.9. The maximum absolute atomic E-state index is 10.8. The molecular formula is C17H17NO4. The summed E-state index contributed by atoms with van der Waals surface area (Å²) in [5, 5.41) is 18.0. The lowest BCUT2D eigenvalue weighted by Gasteiger charge is -2.09. The molecule has 0 saturated heterocycles. The first-order valence-corrected chi connectivity index (χ1v) is 7.08. The fourth-order valence-electron chi connectivity index (χ4n) is 2.08. The first-order chi connectivity index (χ1) is 10.6. The fraction of sp³-hybridized carbons (Fsp3) is 0.294. The SMILES string of the molecule is CCc1cccc(OCCC(C#N)c2ccc(C(=O)O)o2)c1. The number of carboxylic acids is 1. The third-order valence-electron chi connectivity index (χ3n) is 3.32. The number of nitrogens with zero attached hydrogens (tertiary/aromatic N) is 1. The van der Waals surface area contributed by atoms with Crippen molar-refractivity contribution >= 4 is 5.97 Å². The molecule has 0 aliphatic rings. The van der Waals surface area contributed by atoms with Crippen molar-refractivity contribution in [2.24, 2.45) is 0 Å². The van der Waals surface area contributed by atoms with E-state index < -0.39 is 11.9 Å². The van der Waals surface area contributed by atoms with Crippen LogP contribution >= 0.6 is 0 Å². The Bertz CT molecular complexity index is 684. The molecule has 1 atom stereocenters. The third kappa shape index (κ3) is 3.89. The van der Waals surface area contributed by atoms with Gasteiger partial charge in [-0.3, -0.25) is 0 Å². The second kappa shape index (κ2) is 7.32. The molecule has 0 radical (unpaired) electrons. The quantitative estimate of drug-likeness (QED) is 0.844. The summed E-state index contributed by atoms with van der Waals surface area (Å²) in [6.45, 7) is 2.43. The van der Waals surface area contributed by atoms with Gasteiger partial charge in [0.05, 0.1) is 12.7 Å². The maximum atomic E-state index is 10.8. The highest BCUT2D eigenvalue weighted by Crippen LogP contribution is 2.22. The van der Waals surface area contributed by atoms with Crippen LogP contribution in [0.5, 0.6) is 5.75 Å². The minimum absolute atomic E-state index is 0.160. The van der Waals surface area contributed by atoms with E-state index in [1.165, 1.54) is 17.7 Å². The Kier molecular flexibility index (Phi) is 5.21. The van der Waals surface area contributed by atoms with Crippen molar-refractivity contribution in [2.45, 2.75) is 25.7 Å². The molecule has 0 spiro atoms. The number of rotatable bonds is 7. The number of ether oxygens (including phenoxy) is 1. The molecule has 5 nitrogen and oxygen atoms in total. The predicted octanol–water partition coefficient (Wildman–Crippen LogP) is 3.62. The molecule has 22 heavy (non-hydrogen) atoms. The molecule has 0 bridgehead atoms. The summed E-state index contributed by atoms with van der Waals surface area (Å²) in [4.78, 5) is 10.8. The second-order valence-electron chi connectivity index (χ2n) is 4.83. The van der Waals surface area contributed by atoms with Gasteiger partial charge < -0.3 is 14.3 Å². The molecule has 0 fully saturated rings. The number of nitriles is 1. The summed E-state index contributed by atoms with van der Waals surface area (Å²) in [5.74, 6) is -0.711. The average molecular weight is 299 g/mol. The maximum Gasteiger partial charge on any atom is 0.371 e. The molecule has 1 N–H and O–H groups in total. The van der Waals surface area contributed by atoms with Crippen molar-refractivity contribution in [3.63, 3.8) is 0 Å². The Labute approximate surface area is 128 Å². The Morgan fingerprint density at radius 2 is 2.23 bits per heavy atom. The number of benzene rings is 1. The molecular weight excluding hydrogens is 282 g/mol. The monoisotopic (exact) mass is 299 g/mol. The van der Waals surface area contributed by atoms with Crippen molar-refractivity contribution in [1.82, 2.24) is 0 Å². The van der Waals surface area contributed by atoms with E-state index in [9.17, 15) is 10.1 Å². The highest BCUT2D eigenvalue weighted by Gasteiger charge is 2.17. The largest absolute Gasteiger partial charge is 0.494 e. The molecule has 1 aromatic heterocycles. The van der Waals surface area contributed by atoms with Crippen LogP contribution in [-0.4, -0.2) is 17.7 Å². The third-order valence-corrected chi connectivity index (χ3v) is 3.32. The Morgan fingerprint density at radius 1 is 1.41 bits per heavy atom. The smallest absolute Gasteiger partial charge is 0.371 e. The minimum Gasteiger partial charge on any atom is -0.494 e. The van der Waals surface area contributed by atoms with Crippen molar-refractivity contribution < 1.29 is 19.1 Å². The standard InChI is InChI=1S/C17H17NO4/c1-2-12-4-3-5-14(10-12)21-9-8-13(11-18)15-6-7-16(22-15)17(19)20/h3-7,10,13H,2,8-9H2,1H3,(H,19,20). The number of hydrogen-bond acceptors (Lipinski definition) is 4. The lowest BCUT2D eigenvalue weighted by molar-refractivity contribution is 0.0660. The van der Waals surface area contributed by atoms with Crippen LogP contribution in [-0.2, 0) is 6.42 Å². The number of aromatic carboxylic acids is 1. The summed E-state index contributed by atoms with van der Waals surface area (Å²) in [5.41, 5.74) is 1.19. The van der Waals surface area contributed by atoms with Crippen LogP contribution in [0, 0.1) is 11.3 Å². The zero-order valence-electron chi connectivity index (χ0n) is 12.3. The topological polar surface area (TPSA) is 83.5 Å². The van der Waals surface area contributed by atoms with Gasteiger partial charge in [-0.2, -0.15) is 5.26 Å². The van der Waals surface area contributed by atoms with Gasteiger partial charge in [-0.05, 0) is 36.2 Å². The van der Waals surface area contributed by atoms with E-state index in [1.807, 2.05) is 24.3 Å². The molecule has 0 aliphatic carbocycles. The van der Waals surface area contributed by atoms with Gasteiger partial charge in [0, 0.05) is 6.42 Å². The second-order valence-corrected chi connectivity index (χ2v) is 4.83. The average Bonchev–Trinajstić information content (AvgIpc) is 3.02. The summed E-state index contributed by atoms with van der Waals surface area (Å²) in [7, 11) is 0. The zero-order valence-corrected chi connectivity index (χ0v) is 12.3. The fourth-order valence-corrected chi connectivity index (χ4v) is 2.08. The van der Waals surface area contributed by atoms with Crippen molar-refractivity contribution in [1.29, 1.82) is 5.26 Å². The molecule has 1 unspecified atom stereocenters. The number of furan rings is 1. The van der Waals surface area contributed by atoms with Crippen LogP contribution in [0.4, 0.5) is 0 Å². The van der Waals surface area contributed by atoms with Crippen LogP contribution in [0.15, 0.2) is 40.8 Å². The molecule has 2 rings (SSSR count). The lowest BCUT2D eigenvalue weighted by Crippen LogP contribution is -2.04. The molecule has 5 heteroatoms. The van der Waals surface area contributed by atoms with E-state index in [1.54, 1.807) is 0 Å². The lowest BCUT2D eigenvalue weighted by atomic mass is 10.1. The summed E-state index contributed by atoms with van der Waals surface area (Å²) in [6.07, 6.45) is 1.36. The van der Waals surface area contributed by atoms with Gasteiger partial charge in [0.15, 0.2) is 0 Å². The number of aryl methyl sites for hydroxylation is 1. The van der Waals surface area contributed by atoms with Crippen LogP contribution < -0.4 is 4.74 Å². The van der Waals surface area contributed by atoms with Gasteiger partial charge in [0.25, 0.3) is 0 Å². The number of carbonyl (C=O) groups is 1. The van der Waals surface area contributed by atoms with Crippen LogP contribution in [0.3, 0.4) is 0 Å². The molecule has 114 valence electrons. The molecule has 1 heterocycles. The van der Waals surface area contributed by atoms with E-state index in [-0.39, 0.29) is 5.76 Å². The van der Waals surface area contributed by atoms with Gasteiger partial charge in [-0.15, -0.1) is 0 Å². The van der Waals surface area contributed by atoms with Crippen molar-refractivity contribution in [3.8, 4) is 11.8 Å². The van der Waals surface area contributed by atoms with E-state index in [4.69, 9.17) is 14.3 Å². The van der Waals surface area contributed by atoms with Gasteiger partial charge >= 0.3 is 5.97 Å². The molecule has 1 aromatic carbocycles. The Balaban J connectivity index is 1.93. The Morgan fingerprint density at radius 3 is 2.86 bits per heavy atom. The van der Waals surface area contributed by atoms with E-state index in [2.05, 4.69) is 13.0 Å². The van der Waals surface area contributed by atoms with Crippen LogP contribution in [0.2, 0.25) is 0 Å². The van der Waals surface area contributed by atoms with E-state index in [0.29, 0.717) is 18.8 Å². The van der Waals surface area contributed by atoms with Gasteiger partial charge in [0.1, 0.15) is 17.4 Å². The van der Waals surface area contributed by atoms with Crippen molar-refractivity contribution in [2.75, 3.05) is 6.61 Å². The molecule has 2 aromatic rings. The first-order valence-electron chi connectivity index (χ1n) is 7.08. The molecule has 0 amide bonds. The molecule has 0 aliphatic heterocycles. The van der Waals surface area contributed by atoms with E-state index >= 15 is 0 Å². The van der Waals surface area contributed by atoms with Gasteiger partial charge in [0.2, 0.25) is 5.76 Å². The summed E-state index contributed by atoms with van der Waals surface area (Å²) in [6, 6.07) is 12.8. The Hall–Kier alpha value is -2.74. The van der Waals surface area contributed by atoms with Gasteiger partial charge in [-0.25, -0.2) is 4.79 Å². The van der Waals surface area contributed by atoms with Crippen molar-refractivity contribution in [3.05, 3.63) is 53.5 Å².